The summed E-state index contributed by atoms with van der Waals surface area (Å²) in [5.74, 6) is -1.41. The van der Waals surface area contributed by atoms with Gasteiger partial charge >= 0.3 is 5.97 Å². The minimum atomic E-state index is -1.12. The van der Waals surface area contributed by atoms with Crippen LogP contribution in [-0.2, 0) is 19.1 Å². The van der Waals surface area contributed by atoms with E-state index in [1.807, 2.05) is 0 Å². The molecule has 0 rings (SSSR count). The molecule has 7 heteroatoms. The SMILES string of the molecule is CCCCCCCCCCCCCCCCCC(=O)OCC(O)COCCC(C(=O)[O-])[N+](C)(C)C. The minimum Gasteiger partial charge on any atom is -0.544 e. The fraction of sp³-hybridized carbons (Fsp3) is 0.929. The maximum Gasteiger partial charge on any atom is 0.305 e. The number of unbranched alkanes of at least 4 members (excludes halogenated alkanes) is 14. The van der Waals surface area contributed by atoms with Crippen LogP contribution < -0.4 is 5.11 Å². The molecular formula is C28H55NO6. The molecule has 0 saturated heterocycles. The molecule has 7 nitrogen and oxygen atoms in total. The van der Waals surface area contributed by atoms with Gasteiger partial charge in [0.05, 0.1) is 40.3 Å². The number of likely N-dealkylation sites (N-methyl/N-ethyl adjacent to an activating group) is 1. The van der Waals surface area contributed by atoms with Crippen LogP contribution in [0.5, 0.6) is 0 Å². The summed E-state index contributed by atoms with van der Waals surface area (Å²) in [6, 6.07) is -0.681. The number of carboxylic acid groups (broad SMARTS) is 1. The third kappa shape index (κ3) is 21.8. The first-order chi connectivity index (χ1) is 16.7. The van der Waals surface area contributed by atoms with Crippen molar-refractivity contribution in [1.29, 1.82) is 0 Å². The number of ether oxygens (including phenoxy) is 2. The fourth-order valence-electron chi connectivity index (χ4n) is 4.19. The lowest BCUT2D eigenvalue weighted by atomic mass is 10.0. The predicted molar refractivity (Wildman–Crippen MR) is 139 cm³/mol. The van der Waals surface area contributed by atoms with Crippen molar-refractivity contribution in [3.63, 3.8) is 0 Å². The van der Waals surface area contributed by atoms with Crippen LogP contribution in [0.1, 0.15) is 116 Å². The molecular weight excluding hydrogens is 446 g/mol. The number of carboxylic acids is 1. The third-order valence-electron chi connectivity index (χ3n) is 6.47. The van der Waals surface area contributed by atoms with Gasteiger partial charge in [0, 0.05) is 12.8 Å². The van der Waals surface area contributed by atoms with Crippen LogP contribution in [0.15, 0.2) is 0 Å². The van der Waals surface area contributed by atoms with E-state index < -0.39 is 18.1 Å². The lowest BCUT2D eigenvalue weighted by Gasteiger charge is -2.34. The summed E-state index contributed by atoms with van der Waals surface area (Å²) in [6.45, 7) is 2.36. The summed E-state index contributed by atoms with van der Waals surface area (Å²) in [5.41, 5.74) is 0. The molecule has 0 bridgehead atoms. The first-order valence-electron chi connectivity index (χ1n) is 14.1. The number of hydrogen-bond donors (Lipinski definition) is 1. The van der Waals surface area contributed by atoms with E-state index >= 15 is 0 Å². The van der Waals surface area contributed by atoms with Gasteiger partial charge in [0.1, 0.15) is 18.8 Å². The monoisotopic (exact) mass is 501 g/mol. The Kier molecular flexibility index (Phi) is 21.3. The Morgan fingerprint density at radius 2 is 1.23 bits per heavy atom. The van der Waals surface area contributed by atoms with Crippen molar-refractivity contribution in [3.05, 3.63) is 0 Å². The summed E-state index contributed by atoms with van der Waals surface area (Å²) >= 11 is 0. The van der Waals surface area contributed by atoms with Crippen LogP contribution in [0.4, 0.5) is 0 Å². The molecule has 0 aromatic carbocycles. The van der Waals surface area contributed by atoms with Crippen molar-refractivity contribution in [2.24, 2.45) is 0 Å². The number of carbonyl (C=O) groups excluding carboxylic acids is 2. The molecule has 0 aromatic heterocycles. The van der Waals surface area contributed by atoms with E-state index in [0.29, 0.717) is 6.42 Å². The highest BCUT2D eigenvalue weighted by Crippen LogP contribution is 2.14. The second-order valence-corrected chi connectivity index (χ2v) is 10.9. The summed E-state index contributed by atoms with van der Waals surface area (Å²) in [5, 5.41) is 21.1. The van der Waals surface area contributed by atoms with Gasteiger partial charge in [0.15, 0.2) is 0 Å². The number of nitrogens with zero attached hydrogens (tertiary/aromatic N) is 1. The molecule has 0 aromatic rings. The zero-order valence-corrected chi connectivity index (χ0v) is 23.2. The Hall–Kier alpha value is -1.18. The smallest absolute Gasteiger partial charge is 0.305 e. The average Bonchev–Trinajstić information content (AvgIpc) is 2.79. The largest absolute Gasteiger partial charge is 0.544 e. The van der Waals surface area contributed by atoms with Crippen LogP contribution in [-0.4, -0.2) is 74.6 Å². The molecule has 0 fully saturated rings. The maximum absolute atomic E-state index is 11.8. The van der Waals surface area contributed by atoms with E-state index in [1.165, 1.54) is 77.0 Å². The van der Waals surface area contributed by atoms with Crippen molar-refractivity contribution in [1.82, 2.24) is 0 Å². The molecule has 0 aliphatic heterocycles. The second kappa shape index (κ2) is 22.1. The third-order valence-corrected chi connectivity index (χ3v) is 6.47. The number of carbonyl (C=O) groups is 2. The number of esters is 1. The molecule has 0 saturated carbocycles. The molecule has 208 valence electrons. The summed E-state index contributed by atoms with van der Waals surface area (Å²) in [7, 11) is 5.36. The van der Waals surface area contributed by atoms with E-state index in [0.717, 1.165) is 19.3 Å². The van der Waals surface area contributed by atoms with Crippen LogP contribution in [0.3, 0.4) is 0 Å². The van der Waals surface area contributed by atoms with Crippen molar-refractivity contribution in [2.45, 2.75) is 128 Å². The number of aliphatic hydroxyl groups excluding tert-OH is 1. The zero-order chi connectivity index (χ0) is 26.4. The highest BCUT2D eigenvalue weighted by atomic mass is 16.5. The van der Waals surface area contributed by atoms with Crippen molar-refractivity contribution in [2.75, 3.05) is 41.0 Å². The van der Waals surface area contributed by atoms with Gasteiger partial charge in [0.2, 0.25) is 0 Å². The normalized spacial score (nSPS) is 13.5. The Morgan fingerprint density at radius 1 is 0.771 bits per heavy atom. The lowest BCUT2D eigenvalue weighted by Crippen LogP contribution is -2.55. The van der Waals surface area contributed by atoms with E-state index in [4.69, 9.17) is 9.47 Å². The number of aliphatic carboxylic acids is 1. The molecule has 0 heterocycles. The first kappa shape index (κ1) is 33.8. The van der Waals surface area contributed by atoms with Gasteiger partial charge in [-0.2, -0.15) is 0 Å². The molecule has 35 heavy (non-hydrogen) atoms. The predicted octanol–water partition coefficient (Wildman–Crippen LogP) is 4.38. The second-order valence-electron chi connectivity index (χ2n) is 10.9. The molecule has 2 unspecified atom stereocenters. The van der Waals surface area contributed by atoms with E-state index in [-0.39, 0.29) is 36.7 Å². The highest BCUT2D eigenvalue weighted by Gasteiger charge is 2.24. The van der Waals surface area contributed by atoms with Crippen molar-refractivity contribution < 1.29 is 33.8 Å². The number of rotatable bonds is 25. The van der Waals surface area contributed by atoms with E-state index in [2.05, 4.69) is 6.92 Å². The highest BCUT2D eigenvalue weighted by molar-refractivity contribution is 5.69. The quantitative estimate of drug-likeness (QED) is 0.113. The van der Waals surface area contributed by atoms with Gasteiger partial charge in [0.25, 0.3) is 0 Å². The minimum absolute atomic E-state index is 0.00312. The van der Waals surface area contributed by atoms with Gasteiger partial charge in [-0.3, -0.25) is 4.79 Å². The molecule has 0 aliphatic carbocycles. The average molecular weight is 502 g/mol. The molecule has 0 aliphatic rings. The van der Waals surface area contributed by atoms with E-state index in [9.17, 15) is 19.8 Å². The van der Waals surface area contributed by atoms with Crippen LogP contribution in [0.2, 0.25) is 0 Å². The van der Waals surface area contributed by atoms with Crippen LogP contribution in [0.25, 0.3) is 0 Å². The Morgan fingerprint density at radius 3 is 1.66 bits per heavy atom. The Balaban J connectivity index is 3.50. The van der Waals surface area contributed by atoms with Gasteiger partial charge in [-0.1, -0.05) is 96.8 Å². The van der Waals surface area contributed by atoms with E-state index in [1.54, 1.807) is 21.1 Å². The molecule has 1 N–H and O–H groups in total. The molecule has 0 amide bonds. The summed E-state index contributed by atoms with van der Waals surface area (Å²) in [6.07, 6.45) is 19.0. The van der Waals surface area contributed by atoms with Crippen molar-refractivity contribution >= 4 is 11.9 Å². The van der Waals surface area contributed by atoms with Crippen LogP contribution in [0, 0.1) is 0 Å². The first-order valence-corrected chi connectivity index (χ1v) is 14.1. The van der Waals surface area contributed by atoms with Gasteiger partial charge in [-0.15, -0.1) is 0 Å². The summed E-state index contributed by atoms with van der Waals surface area (Å²) in [4.78, 5) is 23.0. The van der Waals surface area contributed by atoms with Gasteiger partial charge in [-0.25, -0.2) is 0 Å². The van der Waals surface area contributed by atoms with Crippen molar-refractivity contribution in [3.8, 4) is 0 Å². The Labute approximate surface area is 215 Å². The lowest BCUT2D eigenvalue weighted by molar-refractivity contribution is -0.889. The van der Waals surface area contributed by atoms with Gasteiger partial charge < -0.3 is 29.0 Å². The number of hydrogen-bond acceptors (Lipinski definition) is 6. The molecule has 0 radical (unpaired) electrons. The number of aliphatic hydroxyl groups is 1. The Bertz CT molecular complexity index is 520. The van der Waals surface area contributed by atoms with Crippen LogP contribution >= 0.6 is 0 Å². The number of quaternary nitrogens is 1. The molecule has 0 spiro atoms. The maximum atomic E-state index is 11.8. The summed E-state index contributed by atoms with van der Waals surface area (Å²) < 4.78 is 10.7. The topological polar surface area (TPSA) is 95.9 Å². The van der Waals surface area contributed by atoms with Gasteiger partial charge in [-0.05, 0) is 6.42 Å². The standard InChI is InChI=1S/C28H55NO6/c1-5-6-7-8-9-10-11-12-13-14-15-16-17-18-19-20-27(31)35-24-25(30)23-34-22-21-26(28(32)33)29(2,3)4/h25-26,30H,5-24H2,1-4H3. The molecule has 2 atom stereocenters. The fourth-order valence-corrected chi connectivity index (χ4v) is 4.19. The zero-order valence-electron chi connectivity index (χ0n) is 23.2.